The van der Waals surface area contributed by atoms with Gasteiger partial charge in [0.1, 0.15) is 11.3 Å². The van der Waals surface area contributed by atoms with Gasteiger partial charge in [0.25, 0.3) is 0 Å². The molecule has 7 aromatic carbocycles. The van der Waals surface area contributed by atoms with Crippen molar-refractivity contribution in [3.05, 3.63) is 168 Å². The van der Waals surface area contributed by atoms with Gasteiger partial charge in [-0.15, -0.1) is 0 Å². The molecule has 2 heterocycles. The summed E-state index contributed by atoms with van der Waals surface area (Å²) in [5.74, 6) is -2.84. The summed E-state index contributed by atoms with van der Waals surface area (Å²) in [6.45, 7) is 3.83. The lowest BCUT2D eigenvalue weighted by atomic mass is 10.0. The van der Waals surface area contributed by atoms with Crippen LogP contribution < -0.4 is 0 Å². The minimum Gasteiger partial charge on any atom is -0.505 e. The van der Waals surface area contributed by atoms with E-state index in [1.165, 1.54) is 0 Å². The number of rotatable bonds is 6. The molecule has 55 heavy (non-hydrogen) atoms. The molecule has 0 aliphatic rings. The van der Waals surface area contributed by atoms with Crippen molar-refractivity contribution in [3.8, 4) is 34.4 Å². The highest BCUT2D eigenvalue weighted by Gasteiger charge is 2.30. The van der Waals surface area contributed by atoms with Gasteiger partial charge in [-0.3, -0.25) is 4.99 Å². The zero-order chi connectivity index (χ0) is 37.6. The lowest BCUT2D eigenvalue weighted by Crippen LogP contribution is -2.08. The van der Waals surface area contributed by atoms with E-state index in [9.17, 15) is 20.4 Å². The van der Waals surface area contributed by atoms with E-state index in [0.717, 1.165) is 43.7 Å². The van der Waals surface area contributed by atoms with E-state index in [1.807, 2.05) is 97.1 Å². The first-order valence-corrected chi connectivity index (χ1v) is 17.6. The molecule has 4 N–H and O–H groups in total. The van der Waals surface area contributed by atoms with Crippen LogP contribution in [0.15, 0.2) is 167 Å². The van der Waals surface area contributed by atoms with Crippen LogP contribution in [0.1, 0.15) is 16.7 Å². The van der Waals surface area contributed by atoms with Crippen LogP contribution in [0.5, 0.6) is 23.0 Å². The molecule has 2 aromatic heterocycles. The average Bonchev–Trinajstić information content (AvgIpc) is 3.78. The quantitative estimate of drug-likeness (QED) is 0.0590. The predicted molar refractivity (Wildman–Crippen MR) is 221 cm³/mol. The molecule has 0 spiro atoms. The second-order valence-electron chi connectivity index (χ2n) is 13.2. The molecule has 0 bridgehead atoms. The molecule has 9 rings (SSSR count). The van der Waals surface area contributed by atoms with Crippen LogP contribution in [-0.2, 0) is 6.54 Å². The number of hydrogen-bond acceptors (Lipinski definition) is 5. The number of fused-ring (bicyclic) bond motifs is 5. The molecule has 266 valence electrons. The molecule has 0 amide bonds. The Morgan fingerprint density at radius 3 is 1.95 bits per heavy atom. The number of nitrogens with zero attached hydrogens (tertiary/aromatic N) is 5. The maximum absolute atomic E-state index is 12.3. The molecule has 9 aromatic rings. The number of phenols is 4. The van der Waals surface area contributed by atoms with Crippen LogP contribution >= 0.6 is 0 Å². The minimum atomic E-state index is -0.840. The van der Waals surface area contributed by atoms with Gasteiger partial charge in [-0.25, -0.2) is 9.98 Å². The van der Waals surface area contributed by atoms with Gasteiger partial charge in [-0.2, -0.15) is 0 Å². The van der Waals surface area contributed by atoms with Gasteiger partial charge in [0.2, 0.25) is 5.75 Å². The Balaban J connectivity index is 1.31. The molecule has 0 aliphatic carbocycles. The van der Waals surface area contributed by atoms with Crippen molar-refractivity contribution in [2.24, 2.45) is 15.0 Å². The molecule has 0 saturated carbocycles. The van der Waals surface area contributed by atoms with Crippen molar-refractivity contribution in [2.45, 2.75) is 6.54 Å². The van der Waals surface area contributed by atoms with Gasteiger partial charge >= 0.3 is 0 Å². The Morgan fingerprint density at radius 2 is 1.20 bits per heavy atom. The molecular weight excluding hydrogens is 687 g/mol. The molecule has 9 nitrogen and oxygen atoms in total. The molecule has 0 radical (unpaired) electrons. The van der Waals surface area contributed by atoms with Gasteiger partial charge in [0, 0.05) is 33.6 Å². The zero-order valence-corrected chi connectivity index (χ0v) is 29.4. The molecule has 0 unspecified atom stereocenters. The van der Waals surface area contributed by atoms with Gasteiger partial charge in [0.15, 0.2) is 28.9 Å². The van der Waals surface area contributed by atoms with E-state index >= 15 is 0 Å². The van der Waals surface area contributed by atoms with Crippen LogP contribution in [0, 0.1) is 0 Å². The standard InChI is InChI=1S/C46H33N5O4/c1-47-45(29-15-7-3-8-16-29)49-46(48-27-28-13-5-2-6-14-28)39-41(52)40(43(54)44(55)42(39)53)51-36-20-12-11-19-34(36)35-24-31-23-30-21-22-50(33-17-9-4-10-18-33)37(30)25-32(31)26-38(35)51/h2-26,52-55H,1,27H2. The third-order valence-corrected chi connectivity index (χ3v) is 9.94. The molecular formula is C46H33N5O4. The van der Waals surface area contributed by atoms with E-state index < -0.39 is 23.0 Å². The van der Waals surface area contributed by atoms with Crippen LogP contribution in [0.2, 0.25) is 0 Å². The zero-order valence-electron chi connectivity index (χ0n) is 29.4. The number of aliphatic imine (C=N–C) groups is 3. The minimum absolute atomic E-state index is 0.120. The van der Waals surface area contributed by atoms with Crippen molar-refractivity contribution < 1.29 is 20.4 Å². The van der Waals surface area contributed by atoms with E-state index in [0.29, 0.717) is 16.6 Å². The largest absolute Gasteiger partial charge is 0.505 e. The van der Waals surface area contributed by atoms with Gasteiger partial charge in [-0.05, 0) is 71.6 Å². The first-order chi connectivity index (χ1) is 26.9. The number of para-hydroxylation sites is 2. The van der Waals surface area contributed by atoms with Gasteiger partial charge < -0.3 is 29.6 Å². The molecule has 0 saturated heterocycles. The summed E-state index contributed by atoms with van der Waals surface area (Å²) in [7, 11) is 0. The molecule has 9 heteroatoms. The highest BCUT2D eigenvalue weighted by molar-refractivity contribution is 6.18. The number of benzene rings is 7. The summed E-state index contributed by atoms with van der Waals surface area (Å²) in [4.78, 5) is 13.6. The van der Waals surface area contributed by atoms with Crippen molar-refractivity contribution >= 4 is 61.9 Å². The monoisotopic (exact) mass is 719 g/mol. The SMILES string of the molecule is C=NC(=NC(=NCc1ccccc1)c1c(O)c(O)c(O)c(-n2c3ccccc3c3cc4cc5ccn(-c6ccccc6)c5cc4cc32)c1O)c1ccccc1. The maximum Gasteiger partial charge on any atom is 0.203 e. The van der Waals surface area contributed by atoms with Crippen LogP contribution in [-0.4, -0.2) is 47.9 Å². The van der Waals surface area contributed by atoms with E-state index in [1.54, 1.807) is 16.7 Å². The topological polar surface area (TPSA) is 128 Å². The maximum atomic E-state index is 12.3. The Bertz CT molecular complexity index is 3000. The number of hydrogen-bond donors (Lipinski definition) is 4. The van der Waals surface area contributed by atoms with E-state index in [4.69, 9.17) is 9.98 Å². The van der Waals surface area contributed by atoms with Crippen molar-refractivity contribution in [3.63, 3.8) is 0 Å². The van der Waals surface area contributed by atoms with Crippen molar-refractivity contribution in [2.75, 3.05) is 0 Å². The predicted octanol–water partition coefficient (Wildman–Crippen LogP) is 9.80. The normalized spacial score (nSPS) is 12.3. The summed E-state index contributed by atoms with van der Waals surface area (Å²) in [5.41, 5.74) is 4.36. The van der Waals surface area contributed by atoms with Crippen LogP contribution in [0.25, 0.3) is 54.9 Å². The number of aromatic hydroxyl groups is 4. The molecule has 0 atom stereocenters. The Kier molecular flexibility index (Phi) is 8.09. The second kappa shape index (κ2) is 13.4. The summed E-state index contributed by atoms with van der Waals surface area (Å²) in [6, 6.07) is 46.7. The lowest BCUT2D eigenvalue weighted by molar-refractivity contribution is 0.359. The van der Waals surface area contributed by atoms with E-state index in [2.05, 4.69) is 58.9 Å². The van der Waals surface area contributed by atoms with Crippen LogP contribution in [0.4, 0.5) is 0 Å². The highest BCUT2D eigenvalue weighted by Crippen LogP contribution is 2.51. The number of phenolic OH excluding ortho intramolecular Hbond substituents is 4. The third-order valence-electron chi connectivity index (χ3n) is 9.94. The average molecular weight is 720 g/mol. The first kappa shape index (κ1) is 33.2. The summed E-state index contributed by atoms with van der Waals surface area (Å²) >= 11 is 0. The number of amidine groups is 2. The molecule has 0 aliphatic heterocycles. The van der Waals surface area contributed by atoms with Gasteiger partial charge in [-0.1, -0.05) is 97.1 Å². The Labute approximate surface area is 315 Å². The summed E-state index contributed by atoms with van der Waals surface area (Å²) in [6.07, 6.45) is 2.05. The fourth-order valence-electron chi connectivity index (χ4n) is 7.31. The first-order valence-electron chi connectivity index (χ1n) is 17.6. The fourth-order valence-corrected chi connectivity index (χ4v) is 7.31. The lowest BCUT2D eigenvalue weighted by Gasteiger charge is -2.18. The fraction of sp³-hybridized carbons (Fsp3) is 0.0217. The summed E-state index contributed by atoms with van der Waals surface area (Å²) < 4.78 is 3.83. The smallest absolute Gasteiger partial charge is 0.203 e. The van der Waals surface area contributed by atoms with Crippen molar-refractivity contribution in [1.82, 2.24) is 9.13 Å². The Morgan fingerprint density at radius 1 is 0.545 bits per heavy atom. The molecule has 0 fully saturated rings. The van der Waals surface area contributed by atoms with Crippen molar-refractivity contribution in [1.29, 1.82) is 0 Å². The Hall–Kier alpha value is -7.65. The second-order valence-corrected chi connectivity index (χ2v) is 13.2. The van der Waals surface area contributed by atoms with E-state index in [-0.39, 0.29) is 29.5 Å². The highest BCUT2D eigenvalue weighted by atomic mass is 16.3. The number of aromatic nitrogens is 2. The van der Waals surface area contributed by atoms with Gasteiger partial charge in [0.05, 0.1) is 23.1 Å². The third kappa shape index (κ3) is 5.62. The summed E-state index contributed by atoms with van der Waals surface area (Å²) in [5, 5.41) is 51.6. The van der Waals surface area contributed by atoms with Crippen LogP contribution in [0.3, 0.4) is 0 Å².